The lowest BCUT2D eigenvalue weighted by Crippen LogP contribution is -2.50. The van der Waals surface area contributed by atoms with Crippen molar-refractivity contribution in [1.29, 1.82) is 0 Å². The lowest BCUT2D eigenvalue weighted by Gasteiger charge is -2.41. The summed E-state index contributed by atoms with van der Waals surface area (Å²) in [7, 11) is 0. The van der Waals surface area contributed by atoms with Crippen LogP contribution in [0.25, 0.3) is 0 Å². The van der Waals surface area contributed by atoms with Crippen molar-refractivity contribution < 1.29 is 9.47 Å². The molecule has 0 aromatic heterocycles. The average molecular weight is 287 g/mol. The van der Waals surface area contributed by atoms with E-state index in [1.54, 1.807) is 0 Å². The summed E-state index contributed by atoms with van der Waals surface area (Å²) in [5.74, 6) is 2.96. The van der Waals surface area contributed by atoms with E-state index in [0.717, 1.165) is 44.6 Å². The van der Waals surface area contributed by atoms with Crippen LogP contribution in [-0.2, 0) is 9.47 Å². The molecule has 3 nitrogen and oxygen atoms in total. The summed E-state index contributed by atoms with van der Waals surface area (Å²) in [4.78, 5) is 0. The van der Waals surface area contributed by atoms with Gasteiger partial charge in [0.25, 0.3) is 0 Å². The zero-order valence-corrected chi connectivity index (χ0v) is 13.2. The second-order valence-corrected chi connectivity index (χ2v) is 7.05. The highest BCUT2D eigenvalue weighted by atomic mass is 32.2. The maximum Gasteiger partial charge on any atom is 0.0783 e. The third-order valence-electron chi connectivity index (χ3n) is 4.53. The molecule has 0 radical (unpaired) electrons. The van der Waals surface area contributed by atoms with Crippen molar-refractivity contribution in [3.8, 4) is 0 Å². The Morgan fingerprint density at radius 1 is 1.47 bits per heavy atom. The first kappa shape index (κ1) is 15.6. The van der Waals surface area contributed by atoms with Crippen molar-refractivity contribution in [2.75, 3.05) is 24.7 Å². The van der Waals surface area contributed by atoms with Crippen molar-refractivity contribution >= 4 is 11.8 Å². The van der Waals surface area contributed by atoms with E-state index in [0.29, 0.717) is 5.92 Å². The van der Waals surface area contributed by atoms with Crippen LogP contribution < -0.4 is 5.73 Å². The molecule has 0 saturated carbocycles. The number of nitrogens with two attached hydrogens (primary N) is 1. The average Bonchev–Trinajstić information content (AvgIpc) is 2.86. The topological polar surface area (TPSA) is 44.5 Å². The molecule has 4 atom stereocenters. The molecule has 1 spiro atoms. The van der Waals surface area contributed by atoms with E-state index in [2.05, 4.69) is 13.8 Å². The predicted octanol–water partition coefficient (Wildman–Crippen LogP) is 2.82. The second kappa shape index (κ2) is 7.30. The van der Waals surface area contributed by atoms with Gasteiger partial charge in [0.2, 0.25) is 0 Å². The normalized spacial score (nSPS) is 34.6. The molecular weight excluding hydrogens is 258 g/mol. The minimum Gasteiger partial charge on any atom is -0.377 e. The van der Waals surface area contributed by atoms with Gasteiger partial charge in [0.15, 0.2) is 0 Å². The summed E-state index contributed by atoms with van der Waals surface area (Å²) in [6, 6.07) is 0.172. The van der Waals surface area contributed by atoms with Gasteiger partial charge in [-0.2, -0.15) is 11.8 Å². The number of hydrogen-bond donors (Lipinski definition) is 1. The van der Waals surface area contributed by atoms with E-state index in [1.165, 1.54) is 12.2 Å². The molecule has 0 aliphatic carbocycles. The minimum atomic E-state index is 0.133. The van der Waals surface area contributed by atoms with E-state index in [9.17, 15) is 0 Å². The number of ether oxygens (including phenoxy) is 2. The first-order chi connectivity index (χ1) is 9.21. The predicted molar refractivity (Wildman–Crippen MR) is 81.6 cm³/mol. The standard InChI is InChI=1S/C15H29NO2S/c1-3-5-13(17-4-2)14(16)12-6-8-18-15(10-12)7-9-19-11-15/h12-14H,3-11,16H2,1-2H3. The summed E-state index contributed by atoms with van der Waals surface area (Å²) in [5, 5.41) is 0. The fourth-order valence-corrected chi connectivity index (χ4v) is 4.82. The molecule has 0 aromatic rings. The van der Waals surface area contributed by atoms with Gasteiger partial charge < -0.3 is 15.2 Å². The Morgan fingerprint density at radius 2 is 2.32 bits per heavy atom. The van der Waals surface area contributed by atoms with Crippen LogP contribution in [0.4, 0.5) is 0 Å². The van der Waals surface area contributed by atoms with Gasteiger partial charge in [-0.05, 0) is 44.3 Å². The quantitative estimate of drug-likeness (QED) is 0.816. The summed E-state index contributed by atoms with van der Waals surface area (Å²) < 4.78 is 12.0. The van der Waals surface area contributed by atoms with E-state index >= 15 is 0 Å². The molecule has 2 aliphatic heterocycles. The molecule has 112 valence electrons. The molecule has 2 fully saturated rings. The van der Waals surface area contributed by atoms with Crippen LogP contribution in [-0.4, -0.2) is 42.5 Å². The molecule has 2 heterocycles. The Bertz CT molecular complexity index is 263. The van der Waals surface area contributed by atoms with Crippen molar-refractivity contribution in [1.82, 2.24) is 0 Å². The molecule has 4 unspecified atom stereocenters. The molecule has 2 rings (SSSR count). The smallest absolute Gasteiger partial charge is 0.0783 e. The molecule has 2 saturated heterocycles. The number of thioether (sulfide) groups is 1. The van der Waals surface area contributed by atoms with Crippen LogP contribution in [0.2, 0.25) is 0 Å². The largest absolute Gasteiger partial charge is 0.377 e. The van der Waals surface area contributed by atoms with Gasteiger partial charge in [0.1, 0.15) is 0 Å². The maximum atomic E-state index is 6.53. The zero-order valence-electron chi connectivity index (χ0n) is 12.4. The van der Waals surface area contributed by atoms with Gasteiger partial charge in [-0.25, -0.2) is 0 Å². The first-order valence-corrected chi connectivity index (χ1v) is 8.95. The Hall–Kier alpha value is 0.230. The summed E-state index contributed by atoms with van der Waals surface area (Å²) in [6.07, 6.45) is 5.88. The first-order valence-electron chi connectivity index (χ1n) is 7.79. The zero-order chi connectivity index (χ0) is 13.7. The van der Waals surface area contributed by atoms with Gasteiger partial charge in [0.05, 0.1) is 11.7 Å². The lowest BCUT2D eigenvalue weighted by atomic mass is 9.79. The Balaban J connectivity index is 1.94. The summed E-state index contributed by atoms with van der Waals surface area (Å²) in [6.45, 7) is 5.92. The Kier molecular flexibility index (Phi) is 6.00. The molecule has 19 heavy (non-hydrogen) atoms. The molecular formula is C15H29NO2S. The van der Waals surface area contributed by atoms with Crippen LogP contribution in [0.5, 0.6) is 0 Å². The number of rotatable bonds is 6. The van der Waals surface area contributed by atoms with Gasteiger partial charge in [-0.1, -0.05) is 13.3 Å². The molecule has 0 amide bonds. The fourth-order valence-electron chi connectivity index (χ4n) is 3.45. The molecule has 0 bridgehead atoms. The highest BCUT2D eigenvalue weighted by molar-refractivity contribution is 7.99. The summed E-state index contributed by atoms with van der Waals surface area (Å²) in [5.41, 5.74) is 6.66. The maximum absolute atomic E-state index is 6.53. The highest BCUT2D eigenvalue weighted by Gasteiger charge is 2.43. The monoisotopic (exact) mass is 287 g/mol. The van der Waals surface area contributed by atoms with Crippen molar-refractivity contribution in [3.05, 3.63) is 0 Å². The molecule has 2 N–H and O–H groups in total. The molecule has 2 aliphatic rings. The minimum absolute atomic E-state index is 0.133. The van der Waals surface area contributed by atoms with E-state index < -0.39 is 0 Å². The van der Waals surface area contributed by atoms with Gasteiger partial charge in [-0.15, -0.1) is 0 Å². The number of hydrogen-bond acceptors (Lipinski definition) is 4. The van der Waals surface area contributed by atoms with Crippen molar-refractivity contribution in [3.63, 3.8) is 0 Å². The molecule has 0 aromatic carbocycles. The Labute approximate surface area is 122 Å². The molecule has 4 heteroatoms. The van der Waals surface area contributed by atoms with Gasteiger partial charge >= 0.3 is 0 Å². The van der Waals surface area contributed by atoms with Crippen LogP contribution >= 0.6 is 11.8 Å². The third kappa shape index (κ3) is 3.87. The SMILES string of the molecule is CCCC(OCC)C(N)C1CCOC2(CCSC2)C1. The van der Waals surface area contributed by atoms with Crippen LogP contribution in [0.1, 0.15) is 46.0 Å². The van der Waals surface area contributed by atoms with E-state index in [4.69, 9.17) is 15.2 Å². The van der Waals surface area contributed by atoms with Crippen LogP contribution in [0.15, 0.2) is 0 Å². The van der Waals surface area contributed by atoms with Gasteiger partial charge in [0, 0.05) is 25.0 Å². The van der Waals surface area contributed by atoms with E-state index in [-0.39, 0.29) is 17.7 Å². The van der Waals surface area contributed by atoms with Crippen LogP contribution in [0.3, 0.4) is 0 Å². The summed E-state index contributed by atoms with van der Waals surface area (Å²) >= 11 is 2.03. The highest BCUT2D eigenvalue weighted by Crippen LogP contribution is 2.41. The van der Waals surface area contributed by atoms with E-state index in [1.807, 2.05) is 11.8 Å². The fraction of sp³-hybridized carbons (Fsp3) is 1.00. The lowest BCUT2D eigenvalue weighted by molar-refractivity contribution is -0.0941. The van der Waals surface area contributed by atoms with Crippen molar-refractivity contribution in [2.24, 2.45) is 11.7 Å². The second-order valence-electron chi connectivity index (χ2n) is 5.95. The third-order valence-corrected chi connectivity index (χ3v) is 5.75. The van der Waals surface area contributed by atoms with Crippen molar-refractivity contribution in [2.45, 2.75) is 63.7 Å². The van der Waals surface area contributed by atoms with Crippen LogP contribution in [0, 0.1) is 5.92 Å². The Morgan fingerprint density at radius 3 is 2.95 bits per heavy atom. The van der Waals surface area contributed by atoms with Gasteiger partial charge in [-0.3, -0.25) is 0 Å².